The van der Waals surface area contributed by atoms with Gasteiger partial charge in [0.25, 0.3) is 0 Å². The van der Waals surface area contributed by atoms with Gasteiger partial charge in [0.2, 0.25) is 0 Å². The Bertz CT molecular complexity index is 381. The van der Waals surface area contributed by atoms with Crippen LogP contribution in [0, 0.1) is 5.92 Å². The van der Waals surface area contributed by atoms with E-state index < -0.39 is 6.10 Å². The molecule has 18 heavy (non-hydrogen) atoms. The van der Waals surface area contributed by atoms with Crippen molar-refractivity contribution < 1.29 is 9.84 Å². The molecule has 2 rings (SSSR count). The van der Waals surface area contributed by atoms with Crippen LogP contribution in [0.3, 0.4) is 0 Å². The van der Waals surface area contributed by atoms with Gasteiger partial charge in [-0.2, -0.15) is 5.10 Å². The highest BCUT2D eigenvalue weighted by molar-refractivity contribution is 5.27. The van der Waals surface area contributed by atoms with Crippen LogP contribution >= 0.6 is 0 Å². The summed E-state index contributed by atoms with van der Waals surface area (Å²) < 4.78 is 7.19. The SMILES string of the molecule is COc1cnn(C(C)C)c1C(O)CC1CCCC1. The van der Waals surface area contributed by atoms with Crippen LogP contribution in [-0.4, -0.2) is 22.0 Å². The fraction of sp³-hybridized carbons (Fsp3) is 0.786. The van der Waals surface area contributed by atoms with Crippen molar-refractivity contribution in [3.8, 4) is 5.75 Å². The monoisotopic (exact) mass is 252 g/mol. The highest BCUT2D eigenvalue weighted by Gasteiger charge is 2.25. The molecule has 1 unspecified atom stereocenters. The number of aliphatic hydroxyl groups is 1. The second-order valence-corrected chi connectivity index (χ2v) is 5.54. The zero-order valence-corrected chi connectivity index (χ0v) is 11.6. The minimum absolute atomic E-state index is 0.238. The average molecular weight is 252 g/mol. The Labute approximate surface area is 109 Å². The van der Waals surface area contributed by atoms with Gasteiger partial charge in [0, 0.05) is 6.04 Å². The zero-order valence-electron chi connectivity index (χ0n) is 11.6. The number of nitrogens with zero attached hydrogens (tertiary/aromatic N) is 2. The molecule has 1 N–H and O–H groups in total. The van der Waals surface area contributed by atoms with Gasteiger partial charge >= 0.3 is 0 Å². The third kappa shape index (κ3) is 2.69. The van der Waals surface area contributed by atoms with Crippen molar-refractivity contribution in [2.75, 3.05) is 7.11 Å². The Kier molecular flexibility index (Phi) is 4.27. The lowest BCUT2D eigenvalue weighted by molar-refractivity contribution is 0.129. The molecule has 102 valence electrons. The van der Waals surface area contributed by atoms with Gasteiger partial charge in [-0.25, -0.2) is 0 Å². The predicted molar refractivity (Wildman–Crippen MR) is 70.7 cm³/mol. The highest BCUT2D eigenvalue weighted by Crippen LogP contribution is 2.36. The third-order valence-electron chi connectivity index (χ3n) is 3.85. The van der Waals surface area contributed by atoms with E-state index in [0.717, 1.165) is 12.1 Å². The Morgan fingerprint density at radius 2 is 2.11 bits per heavy atom. The molecule has 4 heteroatoms. The minimum atomic E-state index is -0.465. The number of hydrogen-bond acceptors (Lipinski definition) is 3. The van der Waals surface area contributed by atoms with E-state index in [1.807, 2.05) is 4.68 Å². The van der Waals surface area contributed by atoms with Crippen molar-refractivity contribution in [2.45, 2.75) is 58.1 Å². The molecule has 1 aliphatic rings. The van der Waals surface area contributed by atoms with Crippen LogP contribution in [0.2, 0.25) is 0 Å². The first-order chi connectivity index (χ1) is 8.63. The largest absolute Gasteiger partial charge is 0.493 e. The van der Waals surface area contributed by atoms with Gasteiger partial charge in [-0.15, -0.1) is 0 Å². The lowest BCUT2D eigenvalue weighted by Gasteiger charge is -2.19. The van der Waals surface area contributed by atoms with Crippen molar-refractivity contribution >= 4 is 0 Å². The summed E-state index contributed by atoms with van der Waals surface area (Å²) in [4.78, 5) is 0. The maximum atomic E-state index is 10.5. The molecule has 1 fully saturated rings. The van der Waals surface area contributed by atoms with E-state index in [2.05, 4.69) is 18.9 Å². The van der Waals surface area contributed by atoms with Crippen LogP contribution in [-0.2, 0) is 0 Å². The summed E-state index contributed by atoms with van der Waals surface area (Å²) in [6, 6.07) is 0.238. The molecule has 0 saturated heterocycles. The van der Waals surface area contributed by atoms with Gasteiger partial charge < -0.3 is 9.84 Å². The molecule has 0 bridgehead atoms. The standard InChI is InChI=1S/C14H24N2O2/c1-10(2)16-14(13(18-3)9-15-16)12(17)8-11-6-4-5-7-11/h9-12,17H,4-8H2,1-3H3. The van der Waals surface area contributed by atoms with E-state index in [1.165, 1.54) is 25.7 Å². The molecule has 1 aromatic rings. The molecular weight excluding hydrogens is 228 g/mol. The number of ether oxygens (including phenoxy) is 1. The van der Waals surface area contributed by atoms with Gasteiger partial charge in [0.1, 0.15) is 5.69 Å². The van der Waals surface area contributed by atoms with E-state index in [0.29, 0.717) is 11.7 Å². The summed E-state index contributed by atoms with van der Waals surface area (Å²) in [5, 5.41) is 14.8. The Hall–Kier alpha value is -1.03. The molecule has 1 aromatic heterocycles. The zero-order chi connectivity index (χ0) is 13.1. The van der Waals surface area contributed by atoms with Crippen LogP contribution in [0.4, 0.5) is 0 Å². The Morgan fingerprint density at radius 1 is 1.44 bits per heavy atom. The lowest BCUT2D eigenvalue weighted by Crippen LogP contribution is -2.14. The quantitative estimate of drug-likeness (QED) is 0.876. The maximum absolute atomic E-state index is 10.5. The van der Waals surface area contributed by atoms with Gasteiger partial charge in [0.05, 0.1) is 19.4 Å². The van der Waals surface area contributed by atoms with Crippen molar-refractivity contribution in [2.24, 2.45) is 5.92 Å². The highest BCUT2D eigenvalue weighted by atomic mass is 16.5. The van der Waals surface area contributed by atoms with Crippen LogP contribution in [0.25, 0.3) is 0 Å². The van der Waals surface area contributed by atoms with E-state index in [-0.39, 0.29) is 6.04 Å². The third-order valence-corrected chi connectivity index (χ3v) is 3.85. The summed E-state index contributed by atoms with van der Waals surface area (Å²) in [5.41, 5.74) is 0.833. The summed E-state index contributed by atoms with van der Waals surface area (Å²) in [6.45, 7) is 4.14. The Balaban J connectivity index is 2.16. The number of hydrogen-bond donors (Lipinski definition) is 1. The normalized spacial score (nSPS) is 18.5. The fourth-order valence-electron chi connectivity index (χ4n) is 2.91. The van der Waals surface area contributed by atoms with Gasteiger partial charge in [-0.05, 0) is 26.2 Å². The van der Waals surface area contributed by atoms with Crippen LogP contribution < -0.4 is 4.74 Å². The van der Waals surface area contributed by atoms with Crippen molar-refractivity contribution in [1.29, 1.82) is 0 Å². The first kappa shape index (κ1) is 13.4. The molecule has 0 spiro atoms. The average Bonchev–Trinajstić information content (AvgIpc) is 2.95. The number of aliphatic hydroxyl groups excluding tert-OH is 1. The summed E-state index contributed by atoms with van der Waals surface area (Å²) in [7, 11) is 1.63. The van der Waals surface area contributed by atoms with Crippen molar-refractivity contribution in [3.05, 3.63) is 11.9 Å². The second-order valence-electron chi connectivity index (χ2n) is 5.54. The molecule has 1 aliphatic carbocycles. The van der Waals surface area contributed by atoms with E-state index in [4.69, 9.17) is 4.74 Å². The van der Waals surface area contributed by atoms with Crippen LogP contribution in [0.5, 0.6) is 5.75 Å². The summed E-state index contributed by atoms with van der Waals surface area (Å²) in [6.07, 6.45) is 7.16. The molecule has 1 atom stereocenters. The van der Waals surface area contributed by atoms with E-state index in [1.54, 1.807) is 13.3 Å². The van der Waals surface area contributed by atoms with Crippen LogP contribution in [0.15, 0.2) is 6.20 Å². The molecule has 1 heterocycles. The van der Waals surface area contributed by atoms with Crippen molar-refractivity contribution in [3.63, 3.8) is 0 Å². The van der Waals surface area contributed by atoms with Crippen LogP contribution in [0.1, 0.15) is 63.8 Å². The van der Waals surface area contributed by atoms with Gasteiger partial charge in [-0.1, -0.05) is 25.7 Å². The smallest absolute Gasteiger partial charge is 0.162 e. The molecule has 1 saturated carbocycles. The molecule has 0 aromatic carbocycles. The van der Waals surface area contributed by atoms with Gasteiger partial charge in [0.15, 0.2) is 5.75 Å². The predicted octanol–water partition coefficient (Wildman–Crippen LogP) is 3.09. The number of aromatic nitrogens is 2. The minimum Gasteiger partial charge on any atom is -0.493 e. The topological polar surface area (TPSA) is 47.3 Å². The first-order valence-corrected chi connectivity index (χ1v) is 6.93. The molecular formula is C14H24N2O2. The van der Waals surface area contributed by atoms with E-state index >= 15 is 0 Å². The second kappa shape index (κ2) is 5.74. The molecule has 0 amide bonds. The lowest BCUT2D eigenvalue weighted by atomic mass is 9.98. The van der Waals surface area contributed by atoms with Crippen molar-refractivity contribution in [1.82, 2.24) is 9.78 Å². The van der Waals surface area contributed by atoms with Gasteiger partial charge in [-0.3, -0.25) is 4.68 Å². The fourth-order valence-corrected chi connectivity index (χ4v) is 2.91. The summed E-state index contributed by atoms with van der Waals surface area (Å²) in [5.74, 6) is 1.36. The summed E-state index contributed by atoms with van der Waals surface area (Å²) >= 11 is 0. The van der Waals surface area contributed by atoms with E-state index in [9.17, 15) is 5.11 Å². The molecule has 0 aliphatic heterocycles. The number of methoxy groups -OCH3 is 1. The molecule has 4 nitrogen and oxygen atoms in total. The Morgan fingerprint density at radius 3 is 2.67 bits per heavy atom. The maximum Gasteiger partial charge on any atom is 0.162 e. The molecule has 0 radical (unpaired) electrons. The first-order valence-electron chi connectivity index (χ1n) is 6.93. The number of rotatable bonds is 5.